The third kappa shape index (κ3) is 2.47. The van der Waals surface area contributed by atoms with Crippen molar-refractivity contribution in [3.63, 3.8) is 0 Å². The molecule has 0 amide bonds. The fourth-order valence-electron chi connectivity index (χ4n) is 1.82. The smallest absolute Gasteiger partial charge is 0.231 e. The van der Waals surface area contributed by atoms with E-state index >= 15 is 0 Å². The summed E-state index contributed by atoms with van der Waals surface area (Å²) in [6.45, 7) is 6.61. The average Bonchev–Trinajstić information content (AvgIpc) is 2.61. The second-order valence-corrected chi connectivity index (χ2v) is 5.39. The third-order valence-electron chi connectivity index (χ3n) is 2.59. The summed E-state index contributed by atoms with van der Waals surface area (Å²) in [7, 11) is 0. The molecule has 0 saturated carbocycles. The summed E-state index contributed by atoms with van der Waals surface area (Å²) in [5.74, 6) is 1.48. The van der Waals surface area contributed by atoms with Crippen LogP contribution >= 0.6 is 0 Å². The highest BCUT2D eigenvalue weighted by Crippen LogP contribution is 2.36. The van der Waals surface area contributed by atoms with Crippen LogP contribution in [0.1, 0.15) is 38.9 Å². The first-order valence-electron chi connectivity index (χ1n) is 5.53. The Morgan fingerprint density at radius 1 is 1.25 bits per heavy atom. The predicted molar refractivity (Wildman–Crippen MR) is 61.6 cm³/mol. The van der Waals surface area contributed by atoms with E-state index in [4.69, 9.17) is 9.47 Å². The molecule has 0 saturated heterocycles. The van der Waals surface area contributed by atoms with Crippen LogP contribution in [0.2, 0.25) is 0 Å². The minimum atomic E-state index is -0.450. The van der Waals surface area contributed by atoms with Crippen molar-refractivity contribution < 1.29 is 14.6 Å². The molecule has 0 fully saturated rings. The van der Waals surface area contributed by atoms with Gasteiger partial charge in [0.05, 0.1) is 6.10 Å². The molecule has 1 heterocycles. The van der Waals surface area contributed by atoms with E-state index in [1.165, 1.54) is 0 Å². The van der Waals surface area contributed by atoms with Crippen molar-refractivity contribution in [3.05, 3.63) is 23.8 Å². The third-order valence-corrected chi connectivity index (χ3v) is 2.59. The Morgan fingerprint density at radius 2 is 1.94 bits per heavy atom. The van der Waals surface area contributed by atoms with Gasteiger partial charge in [-0.3, -0.25) is 0 Å². The van der Waals surface area contributed by atoms with Gasteiger partial charge in [0.25, 0.3) is 0 Å². The van der Waals surface area contributed by atoms with E-state index in [9.17, 15) is 5.11 Å². The van der Waals surface area contributed by atoms with Crippen LogP contribution in [0.5, 0.6) is 11.5 Å². The molecule has 1 aliphatic heterocycles. The Kier molecular flexibility index (Phi) is 2.80. The Labute approximate surface area is 96.0 Å². The zero-order valence-electron chi connectivity index (χ0n) is 9.99. The molecule has 3 nitrogen and oxygen atoms in total. The molecule has 1 aliphatic rings. The van der Waals surface area contributed by atoms with Crippen molar-refractivity contribution >= 4 is 0 Å². The molecule has 88 valence electrons. The standard InChI is InChI=1S/C13H18O3/c1-13(2,3)7-10(14)9-4-5-11-12(6-9)16-8-15-11/h4-6,10,14H,7-8H2,1-3H3. The number of rotatable bonds is 2. The highest BCUT2D eigenvalue weighted by atomic mass is 16.7. The number of benzene rings is 1. The monoisotopic (exact) mass is 222 g/mol. The van der Waals surface area contributed by atoms with E-state index < -0.39 is 6.10 Å². The van der Waals surface area contributed by atoms with E-state index in [0.29, 0.717) is 0 Å². The minimum Gasteiger partial charge on any atom is -0.454 e. The summed E-state index contributed by atoms with van der Waals surface area (Å²) in [4.78, 5) is 0. The summed E-state index contributed by atoms with van der Waals surface area (Å²) in [5.41, 5.74) is 0.995. The summed E-state index contributed by atoms with van der Waals surface area (Å²) in [5, 5.41) is 10.1. The van der Waals surface area contributed by atoms with Crippen molar-refractivity contribution in [2.75, 3.05) is 6.79 Å². The molecule has 0 bridgehead atoms. The van der Waals surface area contributed by atoms with E-state index in [-0.39, 0.29) is 12.2 Å². The van der Waals surface area contributed by atoms with Gasteiger partial charge >= 0.3 is 0 Å². The Balaban J connectivity index is 2.15. The molecule has 1 unspecified atom stereocenters. The number of hydrogen-bond acceptors (Lipinski definition) is 3. The molecule has 0 aliphatic carbocycles. The molecule has 0 radical (unpaired) electrons. The first-order valence-corrected chi connectivity index (χ1v) is 5.53. The van der Waals surface area contributed by atoms with Crippen molar-refractivity contribution in [2.45, 2.75) is 33.3 Å². The normalized spacial score (nSPS) is 16.2. The van der Waals surface area contributed by atoms with Gasteiger partial charge in [-0.05, 0) is 29.5 Å². The maximum Gasteiger partial charge on any atom is 0.231 e. The fourth-order valence-corrected chi connectivity index (χ4v) is 1.82. The van der Waals surface area contributed by atoms with Gasteiger partial charge in [-0.2, -0.15) is 0 Å². The molecule has 1 aromatic rings. The van der Waals surface area contributed by atoms with Crippen LogP contribution in [-0.2, 0) is 0 Å². The first-order chi connectivity index (χ1) is 7.46. The maximum atomic E-state index is 10.1. The largest absolute Gasteiger partial charge is 0.454 e. The molecular formula is C13H18O3. The molecule has 1 aromatic carbocycles. The van der Waals surface area contributed by atoms with Crippen LogP contribution in [0.15, 0.2) is 18.2 Å². The van der Waals surface area contributed by atoms with Gasteiger partial charge in [0.1, 0.15) is 0 Å². The van der Waals surface area contributed by atoms with E-state index in [0.717, 1.165) is 23.5 Å². The molecule has 1 N–H and O–H groups in total. The molecule has 16 heavy (non-hydrogen) atoms. The Bertz CT molecular complexity index is 379. The highest BCUT2D eigenvalue weighted by Gasteiger charge is 2.20. The van der Waals surface area contributed by atoms with Gasteiger partial charge in [0, 0.05) is 0 Å². The van der Waals surface area contributed by atoms with Gasteiger partial charge in [0.15, 0.2) is 11.5 Å². The van der Waals surface area contributed by atoms with E-state index in [1.54, 1.807) is 0 Å². The number of aliphatic hydroxyl groups excluding tert-OH is 1. The number of ether oxygens (including phenoxy) is 2. The second kappa shape index (κ2) is 3.98. The van der Waals surface area contributed by atoms with Crippen LogP contribution in [0.4, 0.5) is 0 Å². The van der Waals surface area contributed by atoms with Gasteiger partial charge in [-0.15, -0.1) is 0 Å². The van der Waals surface area contributed by atoms with Crippen LogP contribution in [-0.4, -0.2) is 11.9 Å². The number of hydrogen-bond donors (Lipinski definition) is 1. The van der Waals surface area contributed by atoms with Crippen LogP contribution < -0.4 is 9.47 Å². The van der Waals surface area contributed by atoms with Crippen molar-refractivity contribution in [1.29, 1.82) is 0 Å². The molecule has 3 heteroatoms. The van der Waals surface area contributed by atoms with Gasteiger partial charge < -0.3 is 14.6 Å². The molecule has 0 aromatic heterocycles. The Hall–Kier alpha value is -1.22. The van der Waals surface area contributed by atoms with Crippen LogP contribution in [0.25, 0.3) is 0 Å². The topological polar surface area (TPSA) is 38.7 Å². The Morgan fingerprint density at radius 3 is 2.62 bits per heavy atom. The van der Waals surface area contributed by atoms with Crippen molar-refractivity contribution in [3.8, 4) is 11.5 Å². The first kappa shape index (κ1) is 11.3. The summed E-state index contributed by atoms with van der Waals surface area (Å²) in [6, 6.07) is 5.60. The number of fused-ring (bicyclic) bond motifs is 1. The predicted octanol–water partition coefficient (Wildman–Crippen LogP) is 2.88. The number of aliphatic hydroxyl groups is 1. The lowest BCUT2D eigenvalue weighted by Crippen LogP contribution is -2.11. The highest BCUT2D eigenvalue weighted by molar-refractivity contribution is 5.45. The average molecular weight is 222 g/mol. The van der Waals surface area contributed by atoms with Crippen LogP contribution in [0, 0.1) is 5.41 Å². The zero-order chi connectivity index (χ0) is 11.8. The molecule has 2 rings (SSSR count). The zero-order valence-corrected chi connectivity index (χ0v) is 9.99. The fraction of sp³-hybridized carbons (Fsp3) is 0.538. The molecular weight excluding hydrogens is 204 g/mol. The van der Waals surface area contributed by atoms with Crippen molar-refractivity contribution in [1.82, 2.24) is 0 Å². The van der Waals surface area contributed by atoms with Crippen molar-refractivity contribution in [2.24, 2.45) is 5.41 Å². The second-order valence-electron chi connectivity index (χ2n) is 5.39. The SMILES string of the molecule is CC(C)(C)CC(O)c1ccc2c(c1)OCO2. The van der Waals surface area contributed by atoms with Gasteiger partial charge in [-0.25, -0.2) is 0 Å². The lowest BCUT2D eigenvalue weighted by atomic mass is 9.87. The van der Waals surface area contributed by atoms with Gasteiger partial charge in [0.2, 0.25) is 6.79 Å². The lowest BCUT2D eigenvalue weighted by molar-refractivity contribution is 0.122. The summed E-state index contributed by atoms with van der Waals surface area (Å²) in [6.07, 6.45) is 0.279. The van der Waals surface area contributed by atoms with Gasteiger partial charge in [-0.1, -0.05) is 26.8 Å². The summed E-state index contributed by atoms with van der Waals surface area (Å²) < 4.78 is 10.5. The quantitative estimate of drug-likeness (QED) is 0.836. The van der Waals surface area contributed by atoms with E-state index in [1.807, 2.05) is 18.2 Å². The molecule has 0 spiro atoms. The lowest BCUT2D eigenvalue weighted by Gasteiger charge is -2.22. The maximum absolute atomic E-state index is 10.1. The van der Waals surface area contributed by atoms with Crippen LogP contribution in [0.3, 0.4) is 0 Å². The summed E-state index contributed by atoms with van der Waals surface area (Å²) >= 11 is 0. The van der Waals surface area contributed by atoms with E-state index in [2.05, 4.69) is 20.8 Å². The minimum absolute atomic E-state index is 0.107. The molecule has 1 atom stereocenters.